The first-order chi connectivity index (χ1) is 7.83. The van der Waals surface area contributed by atoms with Crippen molar-refractivity contribution in [3.05, 3.63) is 0 Å². The van der Waals surface area contributed by atoms with Gasteiger partial charge in [0.2, 0.25) is 0 Å². The first-order valence-electron chi connectivity index (χ1n) is 6.86. The van der Waals surface area contributed by atoms with Crippen LogP contribution >= 0.6 is 0 Å². The molecule has 16 heavy (non-hydrogen) atoms. The van der Waals surface area contributed by atoms with Crippen LogP contribution in [-0.4, -0.2) is 50.3 Å². The molecule has 2 aliphatic carbocycles. The zero-order chi connectivity index (χ0) is 11.0. The summed E-state index contributed by atoms with van der Waals surface area (Å²) in [6.45, 7) is 4.14. The minimum atomic E-state index is 0.416. The molecule has 1 heterocycles. The Balaban J connectivity index is 1.43. The summed E-state index contributed by atoms with van der Waals surface area (Å²) in [5.74, 6) is 1.99. The molecule has 0 aromatic carbocycles. The lowest BCUT2D eigenvalue weighted by Gasteiger charge is -2.31. The maximum Gasteiger partial charge on any atom is 0.0826 e. The van der Waals surface area contributed by atoms with E-state index in [0.29, 0.717) is 6.10 Å². The SMILES string of the molecule is CN1CCO[C@@H](CNC(C2CC2)C2CC2)C1. The van der Waals surface area contributed by atoms with E-state index in [1.54, 1.807) is 0 Å². The van der Waals surface area contributed by atoms with Crippen molar-refractivity contribution < 1.29 is 4.74 Å². The van der Waals surface area contributed by atoms with Gasteiger partial charge in [0, 0.05) is 25.7 Å². The van der Waals surface area contributed by atoms with Gasteiger partial charge in [-0.2, -0.15) is 0 Å². The van der Waals surface area contributed by atoms with Crippen molar-refractivity contribution in [1.82, 2.24) is 10.2 Å². The number of hydrogen-bond acceptors (Lipinski definition) is 3. The molecule has 92 valence electrons. The number of likely N-dealkylation sites (N-methyl/N-ethyl adjacent to an activating group) is 1. The Kier molecular flexibility index (Phi) is 3.18. The van der Waals surface area contributed by atoms with Crippen molar-refractivity contribution in [1.29, 1.82) is 0 Å². The van der Waals surface area contributed by atoms with Crippen molar-refractivity contribution in [3.8, 4) is 0 Å². The molecule has 3 rings (SSSR count). The summed E-state index contributed by atoms with van der Waals surface area (Å²) in [7, 11) is 2.19. The van der Waals surface area contributed by atoms with Crippen molar-refractivity contribution in [2.75, 3.05) is 33.3 Å². The van der Waals surface area contributed by atoms with E-state index in [1.165, 1.54) is 25.7 Å². The van der Waals surface area contributed by atoms with E-state index < -0.39 is 0 Å². The van der Waals surface area contributed by atoms with Crippen LogP contribution < -0.4 is 5.32 Å². The second kappa shape index (κ2) is 4.63. The van der Waals surface area contributed by atoms with Crippen LogP contribution in [0.25, 0.3) is 0 Å². The molecule has 0 spiro atoms. The Morgan fingerprint density at radius 2 is 1.94 bits per heavy atom. The molecular formula is C13H24N2O. The van der Waals surface area contributed by atoms with Gasteiger partial charge in [-0.3, -0.25) is 0 Å². The fraction of sp³-hybridized carbons (Fsp3) is 1.00. The summed E-state index contributed by atoms with van der Waals surface area (Å²) in [4.78, 5) is 2.37. The van der Waals surface area contributed by atoms with Gasteiger partial charge < -0.3 is 15.0 Å². The third-order valence-electron chi connectivity index (χ3n) is 4.18. The Bertz CT molecular complexity index is 226. The third kappa shape index (κ3) is 2.76. The van der Waals surface area contributed by atoms with Crippen molar-refractivity contribution >= 4 is 0 Å². The number of nitrogens with one attached hydrogen (secondary N) is 1. The van der Waals surface area contributed by atoms with Gasteiger partial charge in [0.05, 0.1) is 12.7 Å². The van der Waals surface area contributed by atoms with Crippen LogP contribution in [-0.2, 0) is 4.74 Å². The molecule has 0 radical (unpaired) electrons. The molecule has 2 saturated carbocycles. The molecule has 1 N–H and O–H groups in total. The highest BCUT2D eigenvalue weighted by Crippen LogP contribution is 2.44. The predicted octanol–water partition coefficient (Wildman–Crippen LogP) is 1.10. The minimum Gasteiger partial charge on any atom is -0.374 e. The van der Waals surface area contributed by atoms with Gasteiger partial charge >= 0.3 is 0 Å². The Morgan fingerprint density at radius 1 is 1.25 bits per heavy atom. The summed E-state index contributed by atoms with van der Waals surface area (Å²) >= 11 is 0. The van der Waals surface area contributed by atoms with E-state index in [9.17, 15) is 0 Å². The highest BCUT2D eigenvalue weighted by molar-refractivity contribution is 4.96. The first kappa shape index (κ1) is 11.0. The molecule has 1 saturated heterocycles. The average Bonchev–Trinajstić information content (AvgIpc) is 3.13. The predicted molar refractivity (Wildman–Crippen MR) is 64.5 cm³/mol. The minimum absolute atomic E-state index is 0.416. The Morgan fingerprint density at radius 3 is 2.50 bits per heavy atom. The lowest BCUT2D eigenvalue weighted by Crippen LogP contribution is -2.47. The second-order valence-corrected chi connectivity index (χ2v) is 5.86. The molecule has 0 unspecified atom stereocenters. The molecular weight excluding hydrogens is 200 g/mol. The van der Waals surface area contributed by atoms with Gasteiger partial charge in [-0.15, -0.1) is 0 Å². The Hall–Kier alpha value is -0.120. The van der Waals surface area contributed by atoms with Crippen LogP contribution in [0.2, 0.25) is 0 Å². The largest absolute Gasteiger partial charge is 0.374 e. The van der Waals surface area contributed by atoms with Crippen LogP contribution in [0.15, 0.2) is 0 Å². The zero-order valence-electron chi connectivity index (χ0n) is 10.3. The van der Waals surface area contributed by atoms with E-state index in [0.717, 1.165) is 44.1 Å². The van der Waals surface area contributed by atoms with Crippen LogP contribution in [0.1, 0.15) is 25.7 Å². The van der Waals surface area contributed by atoms with E-state index >= 15 is 0 Å². The van der Waals surface area contributed by atoms with Crippen LogP contribution in [0, 0.1) is 11.8 Å². The molecule has 0 aromatic rings. The molecule has 0 aromatic heterocycles. The zero-order valence-corrected chi connectivity index (χ0v) is 10.3. The van der Waals surface area contributed by atoms with Crippen LogP contribution in [0.3, 0.4) is 0 Å². The van der Waals surface area contributed by atoms with E-state index in [-0.39, 0.29) is 0 Å². The number of hydrogen-bond donors (Lipinski definition) is 1. The van der Waals surface area contributed by atoms with E-state index in [4.69, 9.17) is 4.74 Å². The fourth-order valence-corrected chi connectivity index (χ4v) is 2.89. The lowest BCUT2D eigenvalue weighted by molar-refractivity contribution is -0.0198. The number of rotatable bonds is 5. The quantitative estimate of drug-likeness (QED) is 0.757. The standard InChI is InChI=1S/C13H24N2O/c1-15-6-7-16-12(9-15)8-14-13(10-2-3-10)11-4-5-11/h10-14H,2-9H2,1H3/t12-/m0/s1. The maximum absolute atomic E-state index is 5.79. The highest BCUT2D eigenvalue weighted by atomic mass is 16.5. The van der Waals surface area contributed by atoms with E-state index in [1.807, 2.05) is 0 Å². The highest BCUT2D eigenvalue weighted by Gasteiger charge is 2.41. The topological polar surface area (TPSA) is 24.5 Å². The molecule has 1 atom stereocenters. The van der Waals surface area contributed by atoms with Gasteiger partial charge in [-0.05, 0) is 44.6 Å². The molecule has 0 bridgehead atoms. The van der Waals surface area contributed by atoms with Gasteiger partial charge in [-0.25, -0.2) is 0 Å². The summed E-state index contributed by atoms with van der Waals surface area (Å²) in [6, 6.07) is 0.816. The molecule has 0 amide bonds. The average molecular weight is 224 g/mol. The number of morpholine rings is 1. The third-order valence-corrected chi connectivity index (χ3v) is 4.18. The fourth-order valence-electron chi connectivity index (χ4n) is 2.89. The van der Waals surface area contributed by atoms with Crippen molar-refractivity contribution in [2.45, 2.75) is 37.8 Å². The van der Waals surface area contributed by atoms with Gasteiger partial charge in [-0.1, -0.05) is 0 Å². The van der Waals surface area contributed by atoms with Gasteiger partial charge in [0.25, 0.3) is 0 Å². The first-order valence-corrected chi connectivity index (χ1v) is 6.86. The maximum atomic E-state index is 5.79. The smallest absolute Gasteiger partial charge is 0.0826 e. The van der Waals surface area contributed by atoms with Crippen molar-refractivity contribution in [3.63, 3.8) is 0 Å². The number of ether oxygens (including phenoxy) is 1. The molecule has 3 aliphatic rings. The summed E-state index contributed by atoms with van der Waals surface area (Å²) in [5, 5.41) is 3.78. The molecule has 1 aliphatic heterocycles. The Labute approximate surface area is 98.5 Å². The van der Waals surface area contributed by atoms with E-state index in [2.05, 4.69) is 17.3 Å². The summed E-state index contributed by atoms with van der Waals surface area (Å²) in [6.07, 6.45) is 6.25. The van der Waals surface area contributed by atoms with Crippen molar-refractivity contribution in [2.24, 2.45) is 11.8 Å². The van der Waals surface area contributed by atoms with Gasteiger partial charge in [0.1, 0.15) is 0 Å². The molecule has 3 heteroatoms. The van der Waals surface area contributed by atoms with Gasteiger partial charge in [0.15, 0.2) is 0 Å². The van der Waals surface area contributed by atoms with Crippen LogP contribution in [0.4, 0.5) is 0 Å². The number of nitrogens with zero attached hydrogens (tertiary/aromatic N) is 1. The molecule has 3 nitrogen and oxygen atoms in total. The molecule has 3 fully saturated rings. The summed E-state index contributed by atoms with van der Waals surface area (Å²) < 4.78 is 5.79. The second-order valence-electron chi connectivity index (χ2n) is 5.86. The van der Waals surface area contributed by atoms with Crippen LogP contribution in [0.5, 0.6) is 0 Å². The lowest BCUT2D eigenvalue weighted by atomic mass is 10.1. The normalized spacial score (nSPS) is 32.2. The monoisotopic (exact) mass is 224 g/mol. The summed E-state index contributed by atoms with van der Waals surface area (Å²) in [5.41, 5.74) is 0.